The Bertz CT molecular complexity index is 753. The number of aliphatic hydroxyl groups is 1. The molecule has 12 unspecified atom stereocenters. The Hall–Kier alpha value is -0.380. The summed E-state index contributed by atoms with van der Waals surface area (Å²) < 4.78 is 13.4. The summed E-state index contributed by atoms with van der Waals surface area (Å²) in [7, 11) is 0. The lowest BCUT2D eigenvalue weighted by Crippen LogP contribution is -2.55. The third-order valence-electron chi connectivity index (χ3n) is 12.0. The fourth-order valence-corrected chi connectivity index (χ4v) is 10.1. The molecule has 0 aromatic rings. The van der Waals surface area contributed by atoms with Crippen molar-refractivity contribution in [3.63, 3.8) is 0 Å². The van der Waals surface area contributed by atoms with Gasteiger partial charge in [0.05, 0.1) is 18.8 Å². The van der Waals surface area contributed by atoms with Crippen molar-refractivity contribution in [1.29, 1.82) is 0 Å². The second-order valence-electron chi connectivity index (χ2n) is 13.1. The monoisotopic (exact) mass is 428 g/mol. The summed E-state index contributed by atoms with van der Waals surface area (Å²) in [5.41, 5.74) is 2.09. The van der Waals surface area contributed by atoms with E-state index in [4.69, 9.17) is 16.1 Å². The molecule has 0 radical (unpaired) electrons. The molecule has 31 heavy (non-hydrogen) atoms. The summed E-state index contributed by atoms with van der Waals surface area (Å²) in [4.78, 5) is 0. The molecule has 6 fully saturated rings. The molecule has 174 valence electrons. The standard InChI is InChI=1S/C28H44O3/c1-16-8-11-28(30-15-16)18(3)25-24(31-28)14-23-21-7-6-19-13-20(29)9-10-26(19,4)22(21)12-17(2)27(23,25)5/h16,18-25,29H,2,6-15H2,1,3-5H3. The lowest BCUT2D eigenvalue weighted by molar-refractivity contribution is -0.272. The molecule has 0 bridgehead atoms. The molecular weight excluding hydrogens is 384 g/mol. The van der Waals surface area contributed by atoms with E-state index in [0.717, 1.165) is 37.7 Å². The molecule has 2 aliphatic heterocycles. The Labute approximate surface area is 189 Å². The maximum absolute atomic E-state index is 10.3. The molecule has 6 rings (SSSR count). The average Bonchev–Trinajstić information content (AvgIpc) is 3.18. The van der Waals surface area contributed by atoms with Gasteiger partial charge in [-0.05, 0) is 91.8 Å². The van der Waals surface area contributed by atoms with Crippen molar-refractivity contribution in [3.05, 3.63) is 12.2 Å². The van der Waals surface area contributed by atoms with Gasteiger partial charge in [0.2, 0.25) is 0 Å². The maximum atomic E-state index is 10.3. The fourth-order valence-electron chi connectivity index (χ4n) is 10.1. The predicted molar refractivity (Wildman–Crippen MR) is 122 cm³/mol. The molecule has 12 atom stereocenters. The molecule has 0 amide bonds. The molecule has 3 nitrogen and oxygen atoms in total. The van der Waals surface area contributed by atoms with Gasteiger partial charge in [-0.1, -0.05) is 39.8 Å². The summed E-state index contributed by atoms with van der Waals surface area (Å²) in [5.74, 6) is 4.28. The largest absolute Gasteiger partial charge is 0.393 e. The highest BCUT2D eigenvalue weighted by Crippen LogP contribution is 2.72. The Kier molecular flexibility index (Phi) is 4.66. The van der Waals surface area contributed by atoms with E-state index >= 15 is 0 Å². The summed E-state index contributed by atoms with van der Waals surface area (Å²) in [6, 6.07) is 0. The predicted octanol–water partition coefficient (Wildman–Crippen LogP) is 5.96. The maximum Gasteiger partial charge on any atom is 0.171 e. The molecule has 1 N–H and O–H groups in total. The van der Waals surface area contributed by atoms with Crippen LogP contribution in [0.15, 0.2) is 12.2 Å². The van der Waals surface area contributed by atoms with Crippen LogP contribution in [-0.2, 0) is 9.47 Å². The van der Waals surface area contributed by atoms with Gasteiger partial charge in [0.25, 0.3) is 0 Å². The van der Waals surface area contributed by atoms with Crippen LogP contribution in [0.3, 0.4) is 0 Å². The lowest BCUT2D eigenvalue weighted by Gasteiger charge is -2.61. The molecule has 6 aliphatic rings. The van der Waals surface area contributed by atoms with Gasteiger partial charge in [-0.15, -0.1) is 0 Å². The first-order chi connectivity index (χ1) is 14.7. The van der Waals surface area contributed by atoms with E-state index in [1.807, 2.05) is 0 Å². The number of fused-ring (bicyclic) bond motifs is 7. The Balaban J connectivity index is 1.30. The molecule has 1 spiro atoms. The van der Waals surface area contributed by atoms with Crippen LogP contribution in [0.2, 0.25) is 0 Å². The number of aliphatic hydroxyl groups excluding tert-OH is 1. The fraction of sp³-hybridized carbons (Fsp3) is 0.929. The van der Waals surface area contributed by atoms with Gasteiger partial charge >= 0.3 is 0 Å². The summed E-state index contributed by atoms with van der Waals surface area (Å²) in [6.45, 7) is 15.5. The van der Waals surface area contributed by atoms with E-state index in [-0.39, 0.29) is 17.3 Å². The third-order valence-corrected chi connectivity index (χ3v) is 12.0. The first-order valence-corrected chi connectivity index (χ1v) is 13.4. The highest BCUT2D eigenvalue weighted by molar-refractivity contribution is 5.28. The molecule has 3 heteroatoms. The molecule has 4 aliphatic carbocycles. The summed E-state index contributed by atoms with van der Waals surface area (Å²) in [6.07, 6.45) is 10.8. The highest BCUT2D eigenvalue weighted by Gasteiger charge is 2.70. The topological polar surface area (TPSA) is 38.7 Å². The van der Waals surface area contributed by atoms with Crippen LogP contribution in [0.4, 0.5) is 0 Å². The highest BCUT2D eigenvalue weighted by atomic mass is 16.7. The second kappa shape index (κ2) is 6.83. The normalized spacial score (nSPS) is 60.9. The number of ether oxygens (including phenoxy) is 2. The van der Waals surface area contributed by atoms with Crippen molar-refractivity contribution in [1.82, 2.24) is 0 Å². The molecule has 2 saturated heterocycles. The number of hydrogen-bond acceptors (Lipinski definition) is 3. The zero-order chi connectivity index (χ0) is 21.8. The number of allylic oxidation sites excluding steroid dienone is 1. The van der Waals surface area contributed by atoms with Crippen molar-refractivity contribution in [2.45, 2.75) is 103 Å². The zero-order valence-electron chi connectivity index (χ0n) is 20.2. The number of hydrogen-bond donors (Lipinski definition) is 1. The van der Waals surface area contributed by atoms with E-state index in [1.165, 1.54) is 44.1 Å². The Morgan fingerprint density at radius 3 is 2.55 bits per heavy atom. The molecule has 0 aromatic carbocycles. The van der Waals surface area contributed by atoms with E-state index in [0.29, 0.717) is 41.1 Å². The van der Waals surface area contributed by atoms with Crippen LogP contribution in [0, 0.1) is 52.3 Å². The lowest BCUT2D eigenvalue weighted by atomic mass is 9.43. The van der Waals surface area contributed by atoms with E-state index in [2.05, 4.69) is 27.7 Å². The minimum absolute atomic E-state index is 0.0684. The van der Waals surface area contributed by atoms with Gasteiger partial charge in [-0.25, -0.2) is 0 Å². The van der Waals surface area contributed by atoms with Crippen LogP contribution in [0.5, 0.6) is 0 Å². The zero-order valence-corrected chi connectivity index (χ0v) is 20.2. The first kappa shape index (κ1) is 21.2. The van der Waals surface area contributed by atoms with Crippen LogP contribution in [-0.4, -0.2) is 29.7 Å². The molecule has 2 heterocycles. The Morgan fingerprint density at radius 1 is 1.00 bits per heavy atom. The molecule has 0 aromatic heterocycles. The van der Waals surface area contributed by atoms with Gasteiger partial charge in [0, 0.05) is 18.3 Å². The second-order valence-corrected chi connectivity index (χ2v) is 13.1. The van der Waals surface area contributed by atoms with Crippen LogP contribution < -0.4 is 0 Å². The van der Waals surface area contributed by atoms with Gasteiger partial charge < -0.3 is 14.6 Å². The van der Waals surface area contributed by atoms with Crippen molar-refractivity contribution in [2.75, 3.05) is 6.61 Å². The van der Waals surface area contributed by atoms with Gasteiger partial charge in [0.15, 0.2) is 5.79 Å². The smallest absolute Gasteiger partial charge is 0.171 e. The van der Waals surface area contributed by atoms with E-state index in [1.54, 1.807) is 0 Å². The summed E-state index contributed by atoms with van der Waals surface area (Å²) in [5, 5.41) is 10.3. The van der Waals surface area contributed by atoms with Crippen molar-refractivity contribution in [2.24, 2.45) is 52.3 Å². The van der Waals surface area contributed by atoms with Gasteiger partial charge in [-0.2, -0.15) is 0 Å². The molecule has 4 saturated carbocycles. The van der Waals surface area contributed by atoms with Crippen molar-refractivity contribution >= 4 is 0 Å². The Morgan fingerprint density at radius 2 is 1.81 bits per heavy atom. The first-order valence-electron chi connectivity index (χ1n) is 13.4. The quantitative estimate of drug-likeness (QED) is 0.484. The van der Waals surface area contributed by atoms with E-state index < -0.39 is 0 Å². The number of rotatable bonds is 0. The minimum Gasteiger partial charge on any atom is -0.393 e. The molecular formula is C28H44O3. The SMILES string of the molecule is C=C1CC2C(CCC3CC(O)CCC32C)C2CC3OC4(CCC(C)CO4)C(C)C3C12C. The van der Waals surface area contributed by atoms with Gasteiger partial charge in [0.1, 0.15) is 0 Å². The van der Waals surface area contributed by atoms with Crippen molar-refractivity contribution in [3.8, 4) is 0 Å². The average molecular weight is 429 g/mol. The van der Waals surface area contributed by atoms with E-state index in [9.17, 15) is 5.11 Å². The van der Waals surface area contributed by atoms with Gasteiger partial charge in [-0.3, -0.25) is 0 Å². The van der Waals surface area contributed by atoms with Crippen LogP contribution in [0.25, 0.3) is 0 Å². The third kappa shape index (κ3) is 2.69. The summed E-state index contributed by atoms with van der Waals surface area (Å²) >= 11 is 0. The van der Waals surface area contributed by atoms with Crippen molar-refractivity contribution < 1.29 is 14.6 Å². The minimum atomic E-state index is -0.337. The van der Waals surface area contributed by atoms with Crippen LogP contribution in [0.1, 0.15) is 85.5 Å². The van der Waals surface area contributed by atoms with Crippen LogP contribution >= 0.6 is 0 Å².